The number of carboxylic acid groups (broad SMARTS) is 1. The summed E-state index contributed by atoms with van der Waals surface area (Å²) in [4.78, 5) is 21.1. The second kappa shape index (κ2) is 5.43. The molecule has 110 valence electrons. The molecule has 0 saturated carbocycles. The van der Waals surface area contributed by atoms with Gasteiger partial charge < -0.3 is 10.4 Å². The lowest BCUT2D eigenvalue weighted by Gasteiger charge is -2.18. The number of amides is 1. The van der Waals surface area contributed by atoms with Crippen molar-refractivity contribution >= 4 is 11.9 Å². The monoisotopic (exact) mass is 297 g/mol. The molecule has 9 heteroatoms. The largest absolute Gasteiger partial charge is 0.478 e. The van der Waals surface area contributed by atoms with E-state index in [1.54, 1.807) is 0 Å². The molecule has 2 N–H and O–H groups in total. The van der Waals surface area contributed by atoms with Crippen LogP contribution in [0.25, 0.3) is 0 Å². The van der Waals surface area contributed by atoms with E-state index < -0.39 is 41.6 Å². The Hall–Kier alpha value is -2.19. The molecule has 1 aromatic rings. The summed E-state index contributed by atoms with van der Waals surface area (Å²) in [6.45, 7) is -1.59. The molecule has 0 fully saturated rings. The third-order valence-corrected chi connectivity index (χ3v) is 2.26. The van der Waals surface area contributed by atoms with Crippen molar-refractivity contribution in [1.29, 1.82) is 0 Å². The molecule has 0 aliphatic carbocycles. The van der Waals surface area contributed by atoms with Gasteiger partial charge in [0, 0.05) is 5.56 Å². The van der Waals surface area contributed by atoms with E-state index in [1.807, 2.05) is 0 Å². The zero-order valence-electron chi connectivity index (χ0n) is 9.67. The molecule has 1 rings (SSSR count). The number of carbonyl (C=O) groups is 2. The average molecular weight is 297 g/mol. The van der Waals surface area contributed by atoms with Gasteiger partial charge >= 0.3 is 18.1 Å². The lowest BCUT2D eigenvalue weighted by Crippen LogP contribution is -2.42. The number of carbonyl (C=O) groups excluding carboxylic acids is 1. The molecule has 0 saturated heterocycles. The number of benzene rings is 1. The van der Waals surface area contributed by atoms with Gasteiger partial charge in [0.15, 0.2) is 0 Å². The fourth-order valence-electron chi connectivity index (χ4n) is 1.27. The normalized spacial score (nSPS) is 12.1. The van der Waals surface area contributed by atoms with Crippen LogP contribution in [-0.2, 0) is 10.7 Å². The van der Waals surface area contributed by atoms with Gasteiger partial charge in [-0.05, 0) is 12.1 Å². The fraction of sp³-hybridized carbons (Fsp3) is 0.273. The summed E-state index contributed by atoms with van der Waals surface area (Å²) in [5, 5.41) is 9.69. The van der Waals surface area contributed by atoms with Crippen molar-refractivity contribution in [2.45, 2.75) is 12.1 Å². The first-order valence-corrected chi connectivity index (χ1v) is 5.11. The zero-order chi connectivity index (χ0) is 15.6. The molecule has 0 aliphatic rings. The number of aromatic carboxylic acids is 1. The van der Waals surface area contributed by atoms with Crippen LogP contribution in [0, 0.1) is 0 Å². The quantitative estimate of drug-likeness (QED) is 0.837. The van der Waals surface area contributed by atoms with Crippen LogP contribution in [0.3, 0.4) is 0 Å². The minimum Gasteiger partial charge on any atom is -0.478 e. The predicted molar refractivity (Wildman–Crippen MR) is 56.4 cm³/mol. The SMILES string of the molecule is O=C(O)c1cccc(C(F)(F)CNC(=O)C(F)(F)F)c1. The maximum Gasteiger partial charge on any atom is 0.471 e. The van der Waals surface area contributed by atoms with E-state index >= 15 is 0 Å². The minimum atomic E-state index is -5.26. The number of alkyl halides is 5. The third kappa shape index (κ3) is 3.90. The van der Waals surface area contributed by atoms with Crippen LogP contribution in [0.4, 0.5) is 22.0 Å². The van der Waals surface area contributed by atoms with Crippen molar-refractivity contribution in [3.05, 3.63) is 35.4 Å². The molecule has 0 aliphatic heterocycles. The van der Waals surface area contributed by atoms with E-state index in [0.29, 0.717) is 6.07 Å². The van der Waals surface area contributed by atoms with E-state index in [2.05, 4.69) is 0 Å². The summed E-state index contributed by atoms with van der Waals surface area (Å²) >= 11 is 0. The van der Waals surface area contributed by atoms with Gasteiger partial charge in [-0.3, -0.25) is 4.79 Å². The molecule has 1 aromatic carbocycles. The molecule has 1 amide bonds. The van der Waals surface area contributed by atoms with Gasteiger partial charge in [0.05, 0.1) is 12.1 Å². The maximum absolute atomic E-state index is 13.6. The Labute approximate surface area is 109 Å². The van der Waals surface area contributed by atoms with Crippen molar-refractivity contribution in [2.75, 3.05) is 6.54 Å². The van der Waals surface area contributed by atoms with Crippen LogP contribution in [0.15, 0.2) is 24.3 Å². The van der Waals surface area contributed by atoms with Gasteiger partial charge in [-0.1, -0.05) is 12.1 Å². The van der Waals surface area contributed by atoms with E-state index in [-0.39, 0.29) is 0 Å². The van der Waals surface area contributed by atoms with E-state index in [1.165, 1.54) is 0 Å². The summed E-state index contributed by atoms with van der Waals surface area (Å²) in [6.07, 6.45) is -5.26. The second-order valence-electron chi connectivity index (χ2n) is 3.77. The highest BCUT2D eigenvalue weighted by atomic mass is 19.4. The number of hydrogen-bond acceptors (Lipinski definition) is 2. The molecule has 0 heterocycles. The van der Waals surface area contributed by atoms with E-state index in [0.717, 1.165) is 23.5 Å². The Bertz CT molecular complexity index is 527. The number of hydrogen-bond donors (Lipinski definition) is 2. The molecule has 4 nitrogen and oxygen atoms in total. The van der Waals surface area contributed by atoms with Crippen LogP contribution in [-0.4, -0.2) is 29.7 Å². The summed E-state index contributed by atoms with van der Waals surface area (Å²) < 4.78 is 62.7. The Morgan fingerprint density at radius 1 is 1.15 bits per heavy atom. The highest BCUT2D eigenvalue weighted by Crippen LogP contribution is 2.28. The first kappa shape index (κ1) is 15.9. The lowest BCUT2D eigenvalue weighted by atomic mass is 10.1. The van der Waals surface area contributed by atoms with Gasteiger partial charge in [0.1, 0.15) is 0 Å². The summed E-state index contributed by atoms with van der Waals surface area (Å²) in [6, 6.07) is 3.56. The average Bonchev–Trinajstić information content (AvgIpc) is 2.35. The molecule has 0 unspecified atom stereocenters. The topological polar surface area (TPSA) is 66.4 Å². The molecule has 0 aromatic heterocycles. The first-order valence-electron chi connectivity index (χ1n) is 5.11. The summed E-state index contributed by atoms with van der Waals surface area (Å²) in [5.74, 6) is -7.78. The van der Waals surface area contributed by atoms with Crippen molar-refractivity contribution < 1.29 is 36.6 Å². The Morgan fingerprint density at radius 3 is 2.25 bits per heavy atom. The number of rotatable bonds is 4. The van der Waals surface area contributed by atoms with Gasteiger partial charge in [-0.25, -0.2) is 4.79 Å². The van der Waals surface area contributed by atoms with Gasteiger partial charge in [0.25, 0.3) is 5.92 Å². The van der Waals surface area contributed by atoms with Crippen LogP contribution in [0.1, 0.15) is 15.9 Å². The van der Waals surface area contributed by atoms with Crippen LogP contribution in [0.2, 0.25) is 0 Å². The van der Waals surface area contributed by atoms with Crippen molar-refractivity contribution in [3.63, 3.8) is 0 Å². The highest BCUT2D eigenvalue weighted by Gasteiger charge is 2.41. The smallest absolute Gasteiger partial charge is 0.471 e. The Morgan fingerprint density at radius 2 is 1.75 bits per heavy atom. The molecule has 20 heavy (non-hydrogen) atoms. The summed E-state index contributed by atoms with van der Waals surface area (Å²) in [5.41, 5.74) is -1.25. The number of carboxylic acids is 1. The van der Waals surface area contributed by atoms with Crippen LogP contribution >= 0.6 is 0 Å². The molecule has 0 radical (unpaired) electrons. The second-order valence-corrected chi connectivity index (χ2v) is 3.77. The van der Waals surface area contributed by atoms with Gasteiger partial charge in [0.2, 0.25) is 0 Å². The van der Waals surface area contributed by atoms with Crippen molar-refractivity contribution in [1.82, 2.24) is 5.32 Å². The van der Waals surface area contributed by atoms with E-state index in [4.69, 9.17) is 5.11 Å². The number of nitrogens with one attached hydrogen (secondary N) is 1. The lowest BCUT2D eigenvalue weighted by molar-refractivity contribution is -0.175. The molecule has 0 spiro atoms. The van der Waals surface area contributed by atoms with Crippen molar-refractivity contribution in [3.8, 4) is 0 Å². The number of halogens is 5. The molecular weight excluding hydrogens is 289 g/mol. The summed E-state index contributed by atoms with van der Waals surface area (Å²) in [7, 11) is 0. The van der Waals surface area contributed by atoms with Gasteiger partial charge in [-0.2, -0.15) is 22.0 Å². The Balaban J connectivity index is 2.86. The molecule has 0 bridgehead atoms. The molecular formula is C11H8F5NO3. The first-order chi connectivity index (χ1) is 9.04. The van der Waals surface area contributed by atoms with E-state index in [9.17, 15) is 31.5 Å². The highest BCUT2D eigenvalue weighted by molar-refractivity contribution is 5.87. The zero-order valence-corrected chi connectivity index (χ0v) is 9.67. The minimum absolute atomic E-state index is 0.440. The predicted octanol–water partition coefficient (Wildman–Crippen LogP) is 2.16. The molecule has 0 atom stereocenters. The van der Waals surface area contributed by atoms with Crippen LogP contribution < -0.4 is 5.32 Å². The van der Waals surface area contributed by atoms with Crippen molar-refractivity contribution in [2.24, 2.45) is 0 Å². The Kier molecular flexibility index (Phi) is 4.31. The fourth-order valence-corrected chi connectivity index (χ4v) is 1.27. The van der Waals surface area contributed by atoms with Gasteiger partial charge in [-0.15, -0.1) is 0 Å². The van der Waals surface area contributed by atoms with Crippen LogP contribution in [0.5, 0.6) is 0 Å². The maximum atomic E-state index is 13.6. The third-order valence-electron chi connectivity index (χ3n) is 2.26. The standard InChI is InChI=1S/C11H8F5NO3/c12-10(13,5-17-9(20)11(14,15)16)7-3-1-2-6(4-7)8(18)19/h1-4H,5H2,(H,17,20)(H,18,19).